The van der Waals surface area contributed by atoms with Crippen molar-refractivity contribution < 1.29 is 9.53 Å². The van der Waals surface area contributed by atoms with E-state index in [2.05, 4.69) is 18.9 Å². The van der Waals surface area contributed by atoms with Gasteiger partial charge >= 0.3 is 0 Å². The maximum atomic E-state index is 11.6. The fourth-order valence-electron chi connectivity index (χ4n) is 2.83. The lowest BCUT2D eigenvalue weighted by Crippen LogP contribution is -2.45. The van der Waals surface area contributed by atoms with Crippen LogP contribution < -0.4 is 4.74 Å². The van der Waals surface area contributed by atoms with Crippen molar-refractivity contribution in [3.8, 4) is 5.75 Å². The number of para-hydroxylation sites is 1. The van der Waals surface area contributed by atoms with E-state index in [1.54, 1.807) is 6.92 Å². The lowest BCUT2D eigenvalue weighted by molar-refractivity contribution is 0.0675. The molecule has 1 saturated heterocycles. The van der Waals surface area contributed by atoms with Crippen LogP contribution >= 0.6 is 0 Å². The topological polar surface area (TPSA) is 29.5 Å². The first-order chi connectivity index (χ1) is 9.09. The molecule has 0 aliphatic carbocycles. The number of carbonyl (C=O) groups excluding carboxylic acids is 1. The van der Waals surface area contributed by atoms with Gasteiger partial charge < -0.3 is 4.74 Å². The molecule has 2 atom stereocenters. The van der Waals surface area contributed by atoms with Crippen molar-refractivity contribution in [2.75, 3.05) is 13.6 Å². The molecule has 0 bridgehead atoms. The molecule has 0 radical (unpaired) electrons. The molecule has 0 spiro atoms. The highest BCUT2D eigenvalue weighted by Gasteiger charge is 2.26. The zero-order valence-corrected chi connectivity index (χ0v) is 12.1. The lowest BCUT2D eigenvalue weighted by atomic mass is 9.98. The van der Waals surface area contributed by atoms with Crippen LogP contribution in [0.25, 0.3) is 0 Å². The molecule has 19 heavy (non-hydrogen) atoms. The lowest BCUT2D eigenvalue weighted by Gasteiger charge is -2.36. The Labute approximate surface area is 115 Å². The summed E-state index contributed by atoms with van der Waals surface area (Å²) in [4.78, 5) is 14.0. The Balaban J connectivity index is 2.10. The van der Waals surface area contributed by atoms with Crippen LogP contribution in [0.15, 0.2) is 24.3 Å². The number of carbonyl (C=O) groups is 1. The quantitative estimate of drug-likeness (QED) is 0.780. The molecule has 1 aromatic carbocycles. The summed E-state index contributed by atoms with van der Waals surface area (Å²) < 4.78 is 6.05. The molecule has 0 amide bonds. The van der Waals surface area contributed by atoms with Crippen LogP contribution in [0.5, 0.6) is 5.75 Å². The number of nitrogens with zero attached hydrogens (tertiary/aromatic N) is 1. The summed E-state index contributed by atoms with van der Waals surface area (Å²) >= 11 is 0. The van der Waals surface area contributed by atoms with E-state index >= 15 is 0 Å². The van der Waals surface area contributed by atoms with Gasteiger partial charge in [0, 0.05) is 6.04 Å². The molecule has 1 fully saturated rings. The second-order valence-corrected chi connectivity index (χ2v) is 5.42. The van der Waals surface area contributed by atoms with Crippen molar-refractivity contribution in [3.05, 3.63) is 29.8 Å². The summed E-state index contributed by atoms with van der Waals surface area (Å²) in [6.07, 6.45) is 3.80. The van der Waals surface area contributed by atoms with E-state index < -0.39 is 0 Å². The van der Waals surface area contributed by atoms with E-state index in [0.717, 1.165) is 6.54 Å². The number of hydrogen-bond donors (Lipinski definition) is 0. The minimum atomic E-state index is 0.0554. The van der Waals surface area contributed by atoms with Gasteiger partial charge in [-0.15, -0.1) is 0 Å². The number of rotatable bonds is 4. The summed E-state index contributed by atoms with van der Waals surface area (Å²) in [5.74, 6) is 0.765. The van der Waals surface area contributed by atoms with Gasteiger partial charge in [-0.1, -0.05) is 18.6 Å². The maximum absolute atomic E-state index is 11.6. The average Bonchev–Trinajstić information content (AvgIpc) is 2.39. The van der Waals surface area contributed by atoms with Gasteiger partial charge in [-0.05, 0) is 52.4 Å². The highest BCUT2D eigenvalue weighted by molar-refractivity contribution is 5.96. The van der Waals surface area contributed by atoms with Crippen molar-refractivity contribution in [1.82, 2.24) is 4.90 Å². The molecule has 0 saturated carbocycles. The van der Waals surface area contributed by atoms with E-state index in [1.807, 2.05) is 24.3 Å². The van der Waals surface area contributed by atoms with Crippen LogP contribution in [0.4, 0.5) is 0 Å². The minimum absolute atomic E-state index is 0.0554. The van der Waals surface area contributed by atoms with Gasteiger partial charge in [0.15, 0.2) is 5.78 Å². The first-order valence-electron chi connectivity index (χ1n) is 7.06. The Morgan fingerprint density at radius 2 is 2.11 bits per heavy atom. The molecule has 0 aromatic heterocycles. The normalized spacial score (nSPS) is 21.9. The summed E-state index contributed by atoms with van der Waals surface area (Å²) in [6.45, 7) is 4.82. The number of hydrogen-bond acceptors (Lipinski definition) is 3. The Hall–Kier alpha value is -1.35. The summed E-state index contributed by atoms with van der Waals surface area (Å²) in [5, 5.41) is 0. The van der Waals surface area contributed by atoms with Gasteiger partial charge in [-0.3, -0.25) is 9.69 Å². The monoisotopic (exact) mass is 261 g/mol. The van der Waals surface area contributed by atoms with Crippen molar-refractivity contribution >= 4 is 5.78 Å². The van der Waals surface area contributed by atoms with E-state index in [0.29, 0.717) is 17.4 Å². The van der Waals surface area contributed by atoms with E-state index in [9.17, 15) is 4.79 Å². The summed E-state index contributed by atoms with van der Waals surface area (Å²) in [5.41, 5.74) is 0.674. The largest absolute Gasteiger partial charge is 0.488 e. The SMILES string of the molecule is CC(=O)c1ccccc1OC(C)C1CCCCN1C. The van der Waals surface area contributed by atoms with Crippen molar-refractivity contribution in [2.45, 2.75) is 45.3 Å². The summed E-state index contributed by atoms with van der Waals surface area (Å²) in [7, 11) is 2.15. The minimum Gasteiger partial charge on any atom is -0.488 e. The Morgan fingerprint density at radius 3 is 2.79 bits per heavy atom. The van der Waals surface area contributed by atoms with Gasteiger partial charge in [0.05, 0.1) is 5.56 Å². The number of benzene rings is 1. The first-order valence-corrected chi connectivity index (χ1v) is 7.06. The smallest absolute Gasteiger partial charge is 0.163 e. The van der Waals surface area contributed by atoms with Gasteiger partial charge in [-0.25, -0.2) is 0 Å². The molecule has 1 aliphatic heterocycles. The third kappa shape index (κ3) is 3.35. The third-order valence-corrected chi connectivity index (χ3v) is 3.95. The van der Waals surface area contributed by atoms with Gasteiger partial charge in [0.25, 0.3) is 0 Å². The molecule has 2 rings (SSSR count). The standard InChI is InChI=1S/C16H23NO2/c1-12(18)14-8-4-5-10-16(14)19-13(2)15-9-6-7-11-17(15)3/h4-5,8,10,13,15H,6-7,9,11H2,1-3H3. The van der Waals surface area contributed by atoms with E-state index in [4.69, 9.17) is 4.74 Å². The highest BCUT2D eigenvalue weighted by Crippen LogP contribution is 2.24. The number of ketones is 1. The molecule has 2 unspecified atom stereocenters. The second kappa shape index (κ2) is 6.20. The molecule has 1 aliphatic rings. The van der Waals surface area contributed by atoms with Crippen LogP contribution in [0.3, 0.4) is 0 Å². The van der Waals surface area contributed by atoms with Gasteiger partial charge in [-0.2, -0.15) is 0 Å². The van der Waals surface area contributed by atoms with Crippen LogP contribution in [0.1, 0.15) is 43.5 Å². The highest BCUT2D eigenvalue weighted by atomic mass is 16.5. The van der Waals surface area contributed by atoms with E-state index in [-0.39, 0.29) is 11.9 Å². The molecule has 3 nitrogen and oxygen atoms in total. The number of piperidine rings is 1. The predicted molar refractivity (Wildman–Crippen MR) is 76.8 cm³/mol. The molecular formula is C16H23NO2. The molecular weight excluding hydrogens is 238 g/mol. The average molecular weight is 261 g/mol. The van der Waals surface area contributed by atoms with Gasteiger partial charge in [0.1, 0.15) is 11.9 Å². The zero-order chi connectivity index (χ0) is 13.8. The molecule has 104 valence electrons. The third-order valence-electron chi connectivity index (χ3n) is 3.95. The van der Waals surface area contributed by atoms with Crippen molar-refractivity contribution in [3.63, 3.8) is 0 Å². The Kier molecular flexibility index (Phi) is 4.59. The second-order valence-electron chi connectivity index (χ2n) is 5.42. The summed E-state index contributed by atoms with van der Waals surface area (Å²) in [6, 6.07) is 7.94. The Morgan fingerprint density at radius 1 is 1.37 bits per heavy atom. The number of likely N-dealkylation sites (N-methyl/N-ethyl adjacent to an activating group) is 1. The van der Waals surface area contributed by atoms with Crippen LogP contribution in [-0.2, 0) is 0 Å². The van der Waals surface area contributed by atoms with Crippen LogP contribution in [-0.4, -0.2) is 36.4 Å². The molecule has 1 aromatic rings. The number of ether oxygens (including phenoxy) is 1. The van der Waals surface area contributed by atoms with Crippen molar-refractivity contribution in [2.24, 2.45) is 0 Å². The fourth-order valence-corrected chi connectivity index (χ4v) is 2.83. The van der Waals surface area contributed by atoms with E-state index in [1.165, 1.54) is 19.3 Å². The first kappa shape index (κ1) is 14.1. The molecule has 3 heteroatoms. The molecule has 1 heterocycles. The predicted octanol–water partition coefficient (Wildman–Crippen LogP) is 3.14. The zero-order valence-electron chi connectivity index (χ0n) is 12.1. The number of likely N-dealkylation sites (tertiary alicyclic amines) is 1. The molecule has 0 N–H and O–H groups in total. The van der Waals surface area contributed by atoms with Crippen LogP contribution in [0, 0.1) is 0 Å². The van der Waals surface area contributed by atoms with Crippen LogP contribution in [0.2, 0.25) is 0 Å². The van der Waals surface area contributed by atoms with Crippen molar-refractivity contribution in [1.29, 1.82) is 0 Å². The maximum Gasteiger partial charge on any atom is 0.163 e. The van der Waals surface area contributed by atoms with Gasteiger partial charge in [0.2, 0.25) is 0 Å². The fraction of sp³-hybridized carbons (Fsp3) is 0.562. The Bertz CT molecular complexity index is 444. The number of Topliss-reactive ketones (excluding diaryl/α,β-unsaturated/α-hetero) is 1.